The Hall–Kier alpha value is -2.48. The van der Waals surface area contributed by atoms with Crippen LogP contribution in [-0.2, 0) is 7.05 Å². The Bertz CT molecular complexity index is 727. The van der Waals surface area contributed by atoms with Gasteiger partial charge in [0.05, 0.1) is 18.3 Å². The second-order valence-corrected chi connectivity index (χ2v) is 6.19. The second-order valence-electron chi connectivity index (χ2n) is 6.19. The molecule has 3 rings (SSSR count). The third-order valence-electron chi connectivity index (χ3n) is 4.33. The number of nitrogens with one attached hydrogen (secondary N) is 1. The largest absolute Gasteiger partial charge is 0.435 e. The van der Waals surface area contributed by atoms with Gasteiger partial charge in [0, 0.05) is 24.4 Å². The Kier molecular flexibility index (Phi) is 4.98. The fourth-order valence-corrected chi connectivity index (χ4v) is 2.99. The zero-order valence-corrected chi connectivity index (χ0v) is 13.6. The van der Waals surface area contributed by atoms with E-state index in [0.717, 1.165) is 5.56 Å². The lowest BCUT2D eigenvalue weighted by Gasteiger charge is -2.37. The molecule has 8 heteroatoms. The summed E-state index contributed by atoms with van der Waals surface area (Å²) in [6.07, 6.45) is 4.40. The zero-order valence-electron chi connectivity index (χ0n) is 13.6. The number of rotatable bonds is 6. The standard InChI is InChI=1S/C17H19F2N3O3/c1-22-9-12(8-20-22)15(11-6-13(23)7-11)21-16(24)10-2-4-14(5-3-10)25-17(18)19/h2-5,8-9,11,13,15,17,23H,6-7H2,1H3,(H,21,24)/t11?,13?,15-/m1/s1. The van der Waals surface area contributed by atoms with Gasteiger partial charge in [-0.15, -0.1) is 0 Å². The van der Waals surface area contributed by atoms with Crippen molar-refractivity contribution in [3.63, 3.8) is 0 Å². The number of aromatic nitrogens is 2. The molecule has 1 fully saturated rings. The molecule has 1 aliphatic rings. The van der Waals surface area contributed by atoms with Gasteiger partial charge in [-0.1, -0.05) is 0 Å². The van der Waals surface area contributed by atoms with Gasteiger partial charge in [-0.05, 0) is 43.0 Å². The van der Waals surface area contributed by atoms with E-state index in [1.807, 2.05) is 6.20 Å². The first-order chi connectivity index (χ1) is 11.9. The van der Waals surface area contributed by atoms with Gasteiger partial charge in [-0.3, -0.25) is 9.48 Å². The molecule has 1 aromatic heterocycles. The van der Waals surface area contributed by atoms with Crippen LogP contribution in [0, 0.1) is 5.92 Å². The summed E-state index contributed by atoms with van der Waals surface area (Å²) >= 11 is 0. The quantitative estimate of drug-likeness (QED) is 0.837. The summed E-state index contributed by atoms with van der Waals surface area (Å²) in [7, 11) is 1.79. The van der Waals surface area contributed by atoms with Crippen molar-refractivity contribution >= 4 is 5.91 Å². The van der Waals surface area contributed by atoms with Crippen LogP contribution in [0.1, 0.15) is 34.8 Å². The van der Waals surface area contributed by atoms with Crippen molar-refractivity contribution in [2.75, 3.05) is 0 Å². The van der Waals surface area contributed by atoms with E-state index in [0.29, 0.717) is 18.4 Å². The van der Waals surface area contributed by atoms with E-state index in [1.165, 1.54) is 24.3 Å². The van der Waals surface area contributed by atoms with Crippen molar-refractivity contribution < 1.29 is 23.4 Å². The van der Waals surface area contributed by atoms with Gasteiger partial charge in [0.25, 0.3) is 5.91 Å². The fraction of sp³-hybridized carbons (Fsp3) is 0.412. The number of halogens is 2. The number of aryl methyl sites for hydroxylation is 1. The molecule has 0 aliphatic heterocycles. The van der Waals surface area contributed by atoms with Gasteiger partial charge < -0.3 is 15.2 Å². The molecule has 0 radical (unpaired) electrons. The summed E-state index contributed by atoms with van der Waals surface area (Å²) in [5.74, 6) is -0.194. The maximum Gasteiger partial charge on any atom is 0.387 e. The van der Waals surface area contributed by atoms with Crippen molar-refractivity contribution in [2.24, 2.45) is 13.0 Å². The maximum atomic E-state index is 12.5. The van der Waals surface area contributed by atoms with Crippen LogP contribution < -0.4 is 10.1 Å². The van der Waals surface area contributed by atoms with Gasteiger partial charge >= 0.3 is 6.61 Å². The SMILES string of the molecule is Cn1cc([C@H](NC(=O)c2ccc(OC(F)F)cc2)C2CC(O)C2)cn1. The highest BCUT2D eigenvalue weighted by atomic mass is 19.3. The lowest BCUT2D eigenvalue weighted by Crippen LogP contribution is -2.41. The number of ether oxygens (including phenoxy) is 1. The fourth-order valence-electron chi connectivity index (χ4n) is 2.99. The van der Waals surface area contributed by atoms with E-state index in [-0.39, 0.29) is 29.7 Å². The molecule has 1 heterocycles. The zero-order chi connectivity index (χ0) is 18.0. The monoisotopic (exact) mass is 351 g/mol. The van der Waals surface area contributed by atoms with Gasteiger partial charge in [0.1, 0.15) is 5.75 Å². The molecule has 1 saturated carbocycles. The summed E-state index contributed by atoms with van der Waals surface area (Å²) in [5.41, 5.74) is 1.21. The van der Waals surface area contributed by atoms with E-state index in [2.05, 4.69) is 15.2 Å². The number of benzene rings is 1. The van der Waals surface area contributed by atoms with Gasteiger partial charge in [0.15, 0.2) is 0 Å². The molecule has 0 unspecified atom stereocenters. The number of nitrogens with zero attached hydrogens (tertiary/aromatic N) is 2. The van der Waals surface area contributed by atoms with Crippen LogP contribution in [0.3, 0.4) is 0 Å². The highest BCUT2D eigenvalue weighted by Gasteiger charge is 2.36. The van der Waals surface area contributed by atoms with Crippen LogP contribution in [0.4, 0.5) is 8.78 Å². The lowest BCUT2D eigenvalue weighted by molar-refractivity contribution is -0.0498. The number of alkyl halides is 2. The van der Waals surface area contributed by atoms with E-state index in [1.54, 1.807) is 17.9 Å². The van der Waals surface area contributed by atoms with Gasteiger partial charge in [-0.2, -0.15) is 13.9 Å². The van der Waals surface area contributed by atoms with Crippen LogP contribution in [0.25, 0.3) is 0 Å². The summed E-state index contributed by atoms with van der Waals surface area (Å²) in [5, 5.41) is 16.6. The van der Waals surface area contributed by atoms with Crippen LogP contribution in [-0.4, -0.2) is 33.5 Å². The van der Waals surface area contributed by atoms with E-state index in [9.17, 15) is 18.7 Å². The first-order valence-corrected chi connectivity index (χ1v) is 7.94. The summed E-state index contributed by atoms with van der Waals surface area (Å²) < 4.78 is 30.3. The third kappa shape index (κ3) is 4.14. The molecule has 25 heavy (non-hydrogen) atoms. The molecule has 1 atom stereocenters. The first kappa shape index (κ1) is 17.3. The van der Waals surface area contributed by atoms with E-state index < -0.39 is 6.61 Å². The topological polar surface area (TPSA) is 76.4 Å². The molecule has 0 saturated heterocycles. The molecule has 1 aromatic carbocycles. The van der Waals surface area contributed by atoms with Crippen molar-refractivity contribution in [1.82, 2.24) is 15.1 Å². The van der Waals surface area contributed by atoms with Crippen molar-refractivity contribution in [3.05, 3.63) is 47.8 Å². The minimum atomic E-state index is -2.90. The summed E-state index contributed by atoms with van der Waals surface area (Å²) in [6.45, 7) is -2.90. The Morgan fingerprint density at radius 1 is 1.36 bits per heavy atom. The average molecular weight is 351 g/mol. The van der Waals surface area contributed by atoms with Crippen LogP contribution in [0.5, 0.6) is 5.75 Å². The number of hydrogen-bond acceptors (Lipinski definition) is 4. The molecular weight excluding hydrogens is 332 g/mol. The number of carbonyl (C=O) groups is 1. The number of carbonyl (C=O) groups excluding carboxylic acids is 1. The molecule has 134 valence electrons. The van der Waals surface area contributed by atoms with Crippen molar-refractivity contribution in [2.45, 2.75) is 31.6 Å². The Morgan fingerprint density at radius 3 is 2.56 bits per heavy atom. The summed E-state index contributed by atoms with van der Waals surface area (Å²) in [6, 6.07) is 5.26. The smallest absolute Gasteiger partial charge is 0.387 e. The minimum Gasteiger partial charge on any atom is -0.435 e. The Labute approximate surface area is 143 Å². The predicted octanol–water partition coefficient (Wildman–Crippen LogP) is 2.26. The first-order valence-electron chi connectivity index (χ1n) is 7.94. The number of aliphatic hydroxyl groups is 1. The van der Waals surface area contributed by atoms with Crippen LogP contribution in [0.15, 0.2) is 36.7 Å². The number of aliphatic hydroxyl groups excluding tert-OH is 1. The molecule has 1 aliphatic carbocycles. The summed E-state index contributed by atoms with van der Waals surface area (Å²) in [4.78, 5) is 12.5. The number of amides is 1. The van der Waals surface area contributed by atoms with E-state index in [4.69, 9.17) is 0 Å². The molecule has 6 nitrogen and oxygen atoms in total. The average Bonchev–Trinajstić information content (AvgIpc) is 2.96. The predicted molar refractivity (Wildman–Crippen MR) is 85.2 cm³/mol. The minimum absolute atomic E-state index is 0.00234. The Morgan fingerprint density at radius 2 is 2.04 bits per heavy atom. The molecule has 1 amide bonds. The normalized spacial score (nSPS) is 20.8. The Balaban J connectivity index is 1.71. The van der Waals surface area contributed by atoms with Crippen molar-refractivity contribution in [1.29, 1.82) is 0 Å². The highest BCUT2D eigenvalue weighted by Crippen LogP contribution is 2.38. The van der Waals surface area contributed by atoms with Gasteiger partial charge in [-0.25, -0.2) is 0 Å². The molecular formula is C17H19F2N3O3. The molecule has 0 bridgehead atoms. The number of hydrogen-bond donors (Lipinski definition) is 2. The van der Waals surface area contributed by atoms with E-state index >= 15 is 0 Å². The third-order valence-corrected chi connectivity index (χ3v) is 4.33. The lowest BCUT2D eigenvalue weighted by atomic mass is 9.75. The van der Waals surface area contributed by atoms with Gasteiger partial charge in [0.2, 0.25) is 0 Å². The second kappa shape index (κ2) is 7.18. The molecule has 2 N–H and O–H groups in total. The van der Waals surface area contributed by atoms with Crippen LogP contribution in [0.2, 0.25) is 0 Å². The maximum absolute atomic E-state index is 12.5. The molecule has 0 spiro atoms. The van der Waals surface area contributed by atoms with Crippen molar-refractivity contribution in [3.8, 4) is 5.75 Å². The molecule has 2 aromatic rings. The van der Waals surface area contributed by atoms with Crippen LogP contribution >= 0.6 is 0 Å². The highest BCUT2D eigenvalue weighted by molar-refractivity contribution is 5.94.